The summed E-state index contributed by atoms with van der Waals surface area (Å²) in [6, 6.07) is 8.26. The molecule has 1 aromatic carbocycles. The lowest BCUT2D eigenvalue weighted by atomic mass is 9.86. The number of allylic oxidation sites excluding steroid dienone is 3. The maximum Gasteiger partial charge on any atom is 0.0954 e. The molecule has 0 spiro atoms. The van der Waals surface area contributed by atoms with Crippen molar-refractivity contribution in [1.82, 2.24) is 0 Å². The number of nitrogens with two attached hydrogens (primary N) is 1. The fourth-order valence-electron chi connectivity index (χ4n) is 2.28. The van der Waals surface area contributed by atoms with Crippen LogP contribution < -0.4 is 5.73 Å². The van der Waals surface area contributed by atoms with Gasteiger partial charge in [-0.2, -0.15) is 5.26 Å². The number of benzene rings is 1. The van der Waals surface area contributed by atoms with E-state index < -0.39 is 0 Å². The van der Waals surface area contributed by atoms with Crippen LogP contribution in [-0.2, 0) is 0 Å². The number of nitriles is 1. The van der Waals surface area contributed by atoms with Crippen molar-refractivity contribution in [2.75, 3.05) is 5.73 Å². The second kappa shape index (κ2) is 3.43. The number of hydrogen-bond donors (Lipinski definition) is 1. The molecule has 0 saturated heterocycles. The standard InChI is InChI=1S/C13H10N2S/c14-7-8-2-1-3-12-13(8)10-6-9(15)4-5-11(10)16-12/h1-6,12-13H,15H2/t12?,13-/m0/s1. The third kappa shape index (κ3) is 1.27. The lowest BCUT2D eigenvalue weighted by Crippen LogP contribution is -2.12. The fourth-order valence-corrected chi connectivity index (χ4v) is 3.64. The molecule has 0 fully saturated rings. The van der Waals surface area contributed by atoms with Crippen LogP contribution in [0.3, 0.4) is 0 Å². The lowest BCUT2D eigenvalue weighted by Gasteiger charge is -2.18. The van der Waals surface area contributed by atoms with E-state index in [0.717, 1.165) is 11.3 Å². The summed E-state index contributed by atoms with van der Waals surface area (Å²) in [6.07, 6.45) is 6.04. The Hall–Kier alpha value is -1.66. The van der Waals surface area contributed by atoms with Crippen LogP contribution in [0.25, 0.3) is 0 Å². The Morgan fingerprint density at radius 2 is 2.25 bits per heavy atom. The van der Waals surface area contributed by atoms with Crippen molar-refractivity contribution in [2.24, 2.45) is 0 Å². The minimum Gasteiger partial charge on any atom is -0.399 e. The highest BCUT2D eigenvalue weighted by atomic mass is 32.2. The average molecular weight is 226 g/mol. The summed E-state index contributed by atoms with van der Waals surface area (Å²) in [5, 5.41) is 9.50. The first kappa shape index (κ1) is 9.56. The van der Waals surface area contributed by atoms with Crippen molar-refractivity contribution in [2.45, 2.75) is 16.1 Å². The number of hydrogen-bond acceptors (Lipinski definition) is 3. The summed E-state index contributed by atoms with van der Waals surface area (Å²) < 4.78 is 0. The van der Waals surface area contributed by atoms with Gasteiger partial charge in [-0.1, -0.05) is 12.2 Å². The van der Waals surface area contributed by atoms with Crippen LogP contribution in [0.2, 0.25) is 0 Å². The highest BCUT2D eigenvalue weighted by Gasteiger charge is 2.35. The number of nitrogen functional groups attached to an aromatic ring is 1. The molecule has 1 aliphatic heterocycles. The second-order valence-corrected chi connectivity index (χ2v) is 5.20. The molecule has 0 bridgehead atoms. The maximum absolute atomic E-state index is 9.14. The molecule has 0 saturated carbocycles. The monoisotopic (exact) mass is 226 g/mol. The molecular formula is C13H10N2S. The number of anilines is 1. The molecule has 1 heterocycles. The number of nitrogens with zero attached hydrogens (tertiary/aromatic N) is 1. The van der Waals surface area contributed by atoms with E-state index >= 15 is 0 Å². The molecule has 78 valence electrons. The summed E-state index contributed by atoms with van der Waals surface area (Å²) in [6.45, 7) is 0. The Bertz CT molecular complexity index is 552. The van der Waals surface area contributed by atoms with Crippen molar-refractivity contribution in [3.8, 4) is 6.07 Å². The van der Waals surface area contributed by atoms with Gasteiger partial charge in [-0.05, 0) is 29.8 Å². The Morgan fingerprint density at radius 3 is 3.06 bits per heavy atom. The van der Waals surface area contributed by atoms with Crippen molar-refractivity contribution in [3.63, 3.8) is 0 Å². The van der Waals surface area contributed by atoms with E-state index in [-0.39, 0.29) is 5.92 Å². The molecule has 0 amide bonds. The molecule has 1 unspecified atom stereocenters. The first-order chi connectivity index (χ1) is 7.79. The fraction of sp³-hybridized carbons (Fsp3) is 0.154. The van der Waals surface area contributed by atoms with Crippen molar-refractivity contribution in [3.05, 3.63) is 47.6 Å². The molecule has 2 nitrogen and oxygen atoms in total. The zero-order valence-electron chi connectivity index (χ0n) is 8.55. The number of thioether (sulfide) groups is 1. The van der Waals surface area contributed by atoms with Crippen LogP contribution in [0.4, 0.5) is 5.69 Å². The van der Waals surface area contributed by atoms with E-state index in [1.807, 2.05) is 36.0 Å². The molecule has 2 aliphatic rings. The smallest absolute Gasteiger partial charge is 0.0954 e. The summed E-state index contributed by atoms with van der Waals surface area (Å²) in [4.78, 5) is 1.25. The molecule has 1 aromatic rings. The van der Waals surface area contributed by atoms with Crippen LogP contribution in [-0.4, -0.2) is 5.25 Å². The highest BCUT2D eigenvalue weighted by Crippen LogP contribution is 2.50. The van der Waals surface area contributed by atoms with Crippen LogP contribution >= 0.6 is 11.8 Å². The van der Waals surface area contributed by atoms with Gasteiger partial charge >= 0.3 is 0 Å². The molecule has 2 N–H and O–H groups in total. The van der Waals surface area contributed by atoms with Gasteiger partial charge in [-0.3, -0.25) is 0 Å². The first-order valence-electron chi connectivity index (χ1n) is 5.14. The molecule has 16 heavy (non-hydrogen) atoms. The average Bonchev–Trinajstić information content (AvgIpc) is 2.66. The zero-order chi connectivity index (χ0) is 11.1. The Balaban J connectivity index is 2.15. The largest absolute Gasteiger partial charge is 0.399 e. The topological polar surface area (TPSA) is 49.8 Å². The normalized spacial score (nSPS) is 25.6. The van der Waals surface area contributed by atoms with E-state index in [9.17, 15) is 0 Å². The summed E-state index contributed by atoms with van der Waals surface area (Å²) >= 11 is 1.81. The summed E-state index contributed by atoms with van der Waals surface area (Å²) in [5.74, 6) is 0.193. The van der Waals surface area contributed by atoms with Crippen molar-refractivity contribution < 1.29 is 0 Å². The second-order valence-electron chi connectivity index (χ2n) is 3.98. The molecule has 1 aliphatic carbocycles. The SMILES string of the molecule is N#CC1=CC=CC2Sc3ccc(N)cc3[C@H]12. The van der Waals surface area contributed by atoms with Crippen LogP contribution in [0.15, 0.2) is 46.9 Å². The molecular weight excluding hydrogens is 216 g/mol. The van der Waals surface area contributed by atoms with Crippen molar-refractivity contribution >= 4 is 17.4 Å². The Labute approximate surface area is 98.5 Å². The Morgan fingerprint density at radius 1 is 1.38 bits per heavy atom. The van der Waals surface area contributed by atoms with Crippen LogP contribution in [0.5, 0.6) is 0 Å². The van der Waals surface area contributed by atoms with E-state index in [4.69, 9.17) is 11.0 Å². The number of rotatable bonds is 0. The van der Waals surface area contributed by atoms with Gasteiger partial charge < -0.3 is 5.73 Å². The van der Waals surface area contributed by atoms with Gasteiger partial charge in [0, 0.05) is 27.3 Å². The van der Waals surface area contributed by atoms with E-state index in [0.29, 0.717) is 5.25 Å². The molecule has 0 aromatic heterocycles. The molecule has 3 heteroatoms. The zero-order valence-corrected chi connectivity index (χ0v) is 9.37. The maximum atomic E-state index is 9.14. The lowest BCUT2D eigenvalue weighted by molar-refractivity contribution is 0.847. The minimum atomic E-state index is 0.193. The third-order valence-electron chi connectivity index (χ3n) is 3.00. The van der Waals surface area contributed by atoms with Gasteiger partial charge in [0.15, 0.2) is 0 Å². The third-order valence-corrected chi connectivity index (χ3v) is 4.33. The van der Waals surface area contributed by atoms with Gasteiger partial charge in [0.05, 0.1) is 6.07 Å². The van der Waals surface area contributed by atoms with Gasteiger partial charge in [0.25, 0.3) is 0 Å². The van der Waals surface area contributed by atoms with Crippen molar-refractivity contribution in [1.29, 1.82) is 5.26 Å². The predicted octanol–water partition coefficient (Wildman–Crippen LogP) is 2.85. The molecule has 2 atom stereocenters. The summed E-state index contributed by atoms with van der Waals surface area (Å²) in [7, 11) is 0. The minimum absolute atomic E-state index is 0.193. The van der Waals surface area contributed by atoms with E-state index in [1.165, 1.54) is 10.5 Å². The van der Waals surface area contributed by atoms with Gasteiger partial charge in [-0.15, -0.1) is 11.8 Å². The van der Waals surface area contributed by atoms with Gasteiger partial charge in [0.1, 0.15) is 0 Å². The molecule has 0 radical (unpaired) electrons. The van der Waals surface area contributed by atoms with E-state index in [2.05, 4.69) is 18.2 Å². The number of fused-ring (bicyclic) bond motifs is 3. The first-order valence-corrected chi connectivity index (χ1v) is 6.02. The van der Waals surface area contributed by atoms with Gasteiger partial charge in [-0.25, -0.2) is 0 Å². The Kier molecular flexibility index (Phi) is 2.05. The van der Waals surface area contributed by atoms with Crippen LogP contribution in [0.1, 0.15) is 11.5 Å². The van der Waals surface area contributed by atoms with Crippen LogP contribution in [0, 0.1) is 11.3 Å². The molecule has 3 rings (SSSR count). The highest BCUT2D eigenvalue weighted by molar-refractivity contribution is 8.00. The quantitative estimate of drug-likeness (QED) is 0.692. The van der Waals surface area contributed by atoms with Gasteiger partial charge in [0.2, 0.25) is 0 Å². The predicted molar refractivity (Wildman–Crippen MR) is 66.1 cm³/mol. The summed E-state index contributed by atoms with van der Waals surface area (Å²) in [5.41, 5.74) is 8.62. The van der Waals surface area contributed by atoms with E-state index in [1.54, 1.807) is 0 Å².